The van der Waals surface area contributed by atoms with Crippen LogP contribution in [0.2, 0.25) is 5.02 Å². The second-order valence-electron chi connectivity index (χ2n) is 6.62. The van der Waals surface area contributed by atoms with E-state index in [-0.39, 0.29) is 29.8 Å². The van der Waals surface area contributed by atoms with Crippen LogP contribution in [0.3, 0.4) is 0 Å². The molecule has 1 saturated carbocycles. The van der Waals surface area contributed by atoms with E-state index in [1.165, 1.54) is 0 Å². The smallest absolute Gasteiger partial charge is 0.367 e. The highest BCUT2D eigenvalue weighted by atomic mass is 35.5. The molecule has 1 amide bonds. The number of aromatic nitrogens is 2. The van der Waals surface area contributed by atoms with Crippen molar-refractivity contribution in [1.29, 1.82) is 0 Å². The first kappa shape index (κ1) is 19.5. The number of carbonyl (C=O) groups excluding carboxylic acids is 1. The van der Waals surface area contributed by atoms with Crippen LogP contribution in [0.25, 0.3) is 0 Å². The van der Waals surface area contributed by atoms with Crippen LogP contribution in [0.1, 0.15) is 46.2 Å². The Kier molecular flexibility index (Phi) is 5.37. The van der Waals surface area contributed by atoms with Gasteiger partial charge in [0.05, 0.1) is 16.1 Å². The Bertz CT molecular complexity index is 859. The summed E-state index contributed by atoms with van der Waals surface area (Å²) >= 11 is 5.83. The maximum Gasteiger partial charge on any atom is 0.417 e. The first-order valence-electron chi connectivity index (χ1n) is 8.61. The number of nitrogens with zero attached hydrogens (tertiary/aromatic N) is 2. The number of alkyl halides is 3. The predicted molar refractivity (Wildman–Crippen MR) is 97.2 cm³/mol. The van der Waals surface area contributed by atoms with E-state index >= 15 is 0 Å². The third-order valence-electron chi connectivity index (χ3n) is 4.51. The van der Waals surface area contributed by atoms with E-state index in [1.807, 2.05) is 19.9 Å². The van der Waals surface area contributed by atoms with Gasteiger partial charge in [-0.25, -0.2) is 4.98 Å². The van der Waals surface area contributed by atoms with Gasteiger partial charge in [0.25, 0.3) is 5.91 Å². The lowest BCUT2D eigenvalue weighted by molar-refractivity contribution is -0.137. The summed E-state index contributed by atoms with van der Waals surface area (Å²) in [5.74, 6) is -0.0332. The molecule has 2 aromatic heterocycles. The van der Waals surface area contributed by atoms with Crippen molar-refractivity contribution in [3.63, 3.8) is 0 Å². The van der Waals surface area contributed by atoms with Crippen molar-refractivity contribution in [2.45, 2.75) is 38.9 Å². The van der Waals surface area contributed by atoms with E-state index in [9.17, 15) is 18.0 Å². The fourth-order valence-corrected chi connectivity index (χ4v) is 3.31. The number of pyridine rings is 1. The van der Waals surface area contributed by atoms with Gasteiger partial charge in [0.2, 0.25) is 0 Å². The van der Waals surface area contributed by atoms with Crippen LogP contribution >= 0.6 is 11.6 Å². The van der Waals surface area contributed by atoms with Crippen molar-refractivity contribution in [3.05, 3.63) is 45.9 Å². The van der Waals surface area contributed by atoms with Gasteiger partial charge in [-0.2, -0.15) is 13.2 Å². The van der Waals surface area contributed by atoms with Gasteiger partial charge < -0.3 is 15.2 Å². The van der Waals surface area contributed by atoms with E-state index in [0.717, 1.165) is 36.5 Å². The summed E-state index contributed by atoms with van der Waals surface area (Å²) in [5, 5.41) is 5.51. The summed E-state index contributed by atoms with van der Waals surface area (Å²) in [6, 6.07) is 3.20. The molecule has 0 atom stereocenters. The molecule has 0 aliphatic heterocycles. The van der Waals surface area contributed by atoms with Crippen LogP contribution in [0.4, 0.5) is 19.0 Å². The van der Waals surface area contributed by atoms with Gasteiger partial charge in [0, 0.05) is 36.7 Å². The zero-order valence-corrected chi connectivity index (χ0v) is 15.7. The Balaban J connectivity index is 1.53. The zero-order valence-electron chi connectivity index (χ0n) is 15.0. The number of nitrogens with one attached hydrogen (secondary N) is 2. The van der Waals surface area contributed by atoms with Gasteiger partial charge in [-0.3, -0.25) is 4.79 Å². The normalized spacial score (nSPS) is 14.3. The molecule has 2 N–H and O–H groups in total. The van der Waals surface area contributed by atoms with Crippen molar-refractivity contribution in [1.82, 2.24) is 14.9 Å². The SMILES string of the molecule is Cc1cc(C(=O)NCCNc2ncc(C(F)(F)F)cc2Cl)c(C)n1C1CC1. The quantitative estimate of drug-likeness (QED) is 0.709. The molecule has 0 unspecified atom stereocenters. The van der Waals surface area contributed by atoms with Gasteiger partial charge in [0.1, 0.15) is 5.82 Å². The number of rotatable bonds is 6. The zero-order chi connectivity index (χ0) is 19.8. The number of carbonyl (C=O) groups is 1. The second kappa shape index (κ2) is 7.42. The van der Waals surface area contributed by atoms with Crippen LogP contribution in [-0.4, -0.2) is 28.5 Å². The molecule has 0 aromatic carbocycles. The van der Waals surface area contributed by atoms with Crippen LogP contribution in [0, 0.1) is 13.8 Å². The van der Waals surface area contributed by atoms with Gasteiger partial charge in [-0.05, 0) is 38.8 Å². The number of aryl methyl sites for hydroxylation is 1. The lowest BCUT2D eigenvalue weighted by Gasteiger charge is -2.11. The van der Waals surface area contributed by atoms with Crippen LogP contribution < -0.4 is 10.6 Å². The summed E-state index contributed by atoms with van der Waals surface area (Å²) in [6.45, 7) is 4.49. The molecular formula is C18H20ClF3N4O. The molecule has 2 heterocycles. The Morgan fingerprint density at radius 2 is 2.00 bits per heavy atom. The fraction of sp³-hybridized carbons (Fsp3) is 0.444. The maximum absolute atomic E-state index is 12.6. The van der Waals surface area contributed by atoms with Crippen molar-refractivity contribution in [3.8, 4) is 0 Å². The second-order valence-corrected chi connectivity index (χ2v) is 7.03. The van der Waals surface area contributed by atoms with E-state index < -0.39 is 11.7 Å². The molecule has 9 heteroatoms. The van der Waals surface area contributed by atoms with Gasteiger partial charge in [-0.1, -0.05) is 11.6 Å². The number of hydrogen-bond acceptors (Lipinski definition) is 3. The molecule has 2 aromatic rings. The van der Waals surface area contributed by atoms with Gasteiger partial charge in [-0.15, -0.1) is 0 Å². The molecule has 0 saturated heterocycles. The molecular weight excluding hydrogens is 381 g/mol. The fourth-order valence-electron chi connectivity index (χ4n) is 3.08. The first-order valence-corrected chi connectivity index (χ1v) is 8.99. The van der Waals surface area contributed by atoms with E-state index in [1.54, 1.807) is 0 Å². The third-order valence-corrected chi connectivity index (χ3v) is 4.80. The molecule has 1 aliphatic carbocycles. The Hall–Kier alpha value is -2.22. The van der Waals surface area contributed by atoms with Gasteiger partial charge >= 0.3 is 6.18 Å². The maximum atomic E-state index is 12.6. The minimum absolute atomic E-state index is 0.121. The molecule has 0 bridgehead atoms. The highest BCUT2D eigenvalue weighted by Gasteiger charge is 2.31. The topological polar surface area (TPSA) is 59.0 Å². The van der Waals surface area contributed by atoms with E-state index in [0.29, 0.717) is 11.6 Å². The lowest BCUT2D eigenvalue weighted by atomic mass is 10.2. The molecule has 27 heavy (non-hydrogen) atoms. The highest BCUT2D eigenvalue weighted by Crippen LogP contribution is 2.38. The molecule has 0 spiro atoms. The van der Waals surface area contributed by atoms with Crippen molar-refractivity contribution in [2.75, 3.05) is 18.4 Å². The minimum atomic E-state index is -4.49. The Labute approximate surface area is 159 Å². The Morgan fingerprint density at radius 3 is 2.59 bits per heavy atom. The monoisotopic (exact) mass is 400 g/mol. The summed E-state index contributed by atoms with van der Waals surface area (Å²) < 4.78 is 40.0. The van der Waals surface area contributed by atoms with Crippen LogP contribution in [0.15, 0.2) is 18.3 Å². The Morgan fingerprint density at radius 1 is 1.30 bits per heavy atom. The van der Waals surface area contributed by atoms with Crippen LogP contribution in [-0.2, 0) is 6.18 Å². The summed E-state index contributed by atoms with van der Waals surface area (Å²) in [4.78, 5) is 16.1. The molecule has 146 valence electrons. The number of hydrogen-bond donors (Lipinski definition) is 2. The average Bonchev–Trinajstić information content (AvgIpc) is 3.36. The number of amides is 1. The average molecular weight is 401 g/mol. The predicted octanol–water partition coefficient (Wildman–Crippen LogP) is 4.35. The standard InChI is InChI=1S/C18H20ClF3N4O/c1-10-7-14(11(2)26(10)13-3-4-13)17(27)24-6-5-23-16-15(19)8-12(9-25-16)18(20,21)22/h7-9,13H,3-6H2,1-2H3,(H,23,25)(H,24,27). The third kappa shape index (κ3) is 4.37. The highest BCUT2D eigenvalue weighted by molar-refractivity contribution is 6.32. The van der Waals surface area contributed by atoms with Crippen LogP contribution in [0.5, 0.6) is 0 Å². The van der Waals surface area contributed by atoms with E-state index in [4.69, 9.17) is 11.6 Å². The molecule has 1 fully saturated rings. The number of anilines is 1. The largest absolute Gasteiger partial charge is 0.417 e. The van der Waals surface area contributed by atoms with Crippen molar-refractivity contribution >= 4 is 23.3 Å². The van der Waals surface area contributed by atoms with Gasteiger partial charge in [0.15, 0.2) is 0 Å². The number of halogens is 4. The lowest BCUT2D eigenvalue weighted by Crippen LogP contribution is -2.29. The molecule has 5 nitrogen and oxygen atoms in total. The molecule has 1 aliphatic rings. The molecule has 3 rings (SSSR count). The first-order chi connectivity index (χ1) is 12.7. The molecule has 0 radical (unpaired) electrons. The summed E-state index contributed by atoms with van der Waals surface area (Å²) in [6.07, 6.45) is -1.49. The van der Waals surface area contributed by atoms with Crippen molar-refractivity contribution < 1.29 is 18.0 Å². The summed E-state index contributed by atoms with van der Waals surface area (Å²) in [7, 11) is 0. The van der Waals surface area contributed by atoms with Crippen molar-refractivity contribution in [2.24, 2.45) is 0 Å². The minimum Gasteiger partial charge on any atom is -0.367 e. The van der Waals surface area contributed by atoms with E-state index in [2.05, 4.69) is 20.2 Å². The summed E-state index contributed by atoms with van der Waals surface area (Å²) in [5.41, 5.74) is 1.76.